The first-order chi connectivity index (χ1) is 12.7. The maximum absolute atomic E-state index is 12.9. The number of amides is 1. The Hall–Kier alpha value is -3.61. The molecule has 0 aliphatic rings. The predicted octanol–water partition coefficient (Wildman–Crippen LogP) is 4.05. The van der Waals surface area contributed by atoms with E-state index < -0.39 is 0 Å². The minimum atomic E-state index is -0.301. The van der Waals surface area contributed by atoms with E-state index in [4.69, 9.17) is 13.7 Å². The molecule has 4 rings (SSSR count). The van der Waals surface area contributed by atoms with Crippen LogP contribution in [0.5, 0.6) is 5.75 Å². The Balaban J connectivity index is 1.78. The molecule has 0 saturated carbocycles. The molecule has 0 spiro atoms. The standard InChI is InChI=1S/C19H15N3O4/c1-11-17-14(18(23)20-12-5-3-6-13(9-12)24-2)10-15(16-7-4-8-25-16)21-19(17)26-22-11/h3-10H,1-2H3,(H,20,23). The van der Waals surface area contributed by atoms with Gasteiger partial charge in [0.2, 0.25) is 0 Å². The first-order valence-electron chi connectivity index (χ1n) is 7.92. The lowest BCUT2D eigenvalue weighted by molar-refractivity contribution is 0.102. The number of hydrogen-bond donors (Lipinski definition) is 1. The van der Waals surface area contributed by atoms with Crippen LogP contribution in [0.2, 0.25) is 0 Å². The molecule has 0 bridgehead atoms. The molecule has 7 nitrogen and oxygen atoms in total. The summed E-state index contributed by atoms with van der Waals surface area (Å²) in [5, 5.41) is 7.37. The number of nitrogens with one attached hydrogen (secondary N) is 1. The Bertz CT molecular complexity index is 1080. The summed E-state index contributed by atoms with van der Waals surface area (Å²) in [5.74, 6) is 0.890. The first-order valence-corrected chi connectivity index (χ1v) is 7.92. The summed E-state index contributed by atoms with van der Waals surface area (Å²) in [6, 6.07) is 12.3. The van der Waals surface area contributed by atoms with Gasteiger partial charge < -0.3 is 19.0 Å². The van der Waals surface area contributed by atoms with Gasteiger partial charge in [-0.05, 0) is 37.3 Å². The van der Waals surface area contributed by atoms with E-state index in [9.17, 15) is 4.79 Å². The van der Waals surface area contributed by atoms with Gasteiger partial charge in [-0.3, -0.25) is 4.79 Å². The number of fused-ring (bicyclic) bond motifs is 1. The molecule has 3 aromatic heterocycles. The van der Waals surface area contributed by atoms with Gasteiger partial charge in [-0.1, -0.05) is 11.2 Å². The largest absolute Gasteiger partial charge is 0.497 e. The molecule has 7 heteroatoms. The number of carbonyl (C=O) groups excluding carboxylic acids is 1. The minimum absolute atomic E-state index is 0.284. The van der Waals surface area contributed by atoms with E-state index in [0.717, 1.165) is 0 Å². The van der Waals surface area contributed by atoms with Crippen LogP contribution in [0.4, 0.5) is 5.69 Å². The van der Waals surface area contributed by atoms with Crippen LogP contribution in [-0.4, -0.2) is 23.2 Å². The summed E-state index contributed by atoms with van der Waals surface area (Å²) in [4.78, 5) is 17.3. The highest BCUT2D eigenvalue weighted by atomic mass is 16.5. The second-order valence-corrected chi connectivity index (χ2v) is 5.67. The van der Waals surface area contributed by atoms with Crippen molar-refractivity contribution in [3.05, 3.63) is 60.0 Å². The molecular formula is C19H15N3O4. The van der Waals surface area contributed by atoms with Crippen molar-refractivity contribution < 1.29 is 18.5 Å². The number of ether oxygens (including phenoxy) is 1. The summed E-state index contributed by atoms with van der Waals surface area (Å²) >= 11 is 0. The molecule has 3 heterocycles. The zero-order valence-corrected chi connectivity index (χ0v) is 14.1. The number of furan rings is 1. The number of aryl methyl sites for hydroxylation is 1. The molecule has 26 heavy (non-hydrogen) atoms. The highest BCUT2D eigenvalue weighted by Gasteiger charge is 2.20. The fraction of sp³-hybridized carbons (Fsp3) is 0.105. The Labute approximate surface area is 148 Å². The van der Waals surface area contributed by atoms with Gasteiger partial charge >= 0.3 is 0 Å². The van der Waals surface area contributed by atoms with Crippen molar-refractivity contribution in [1.82, 2.24) is 10.1 Å². The topological polar surface area (TPSA) is 90.4 Å². The maximum atomic E-state index is 12.9. The molecule has 0 radical (unpaired) electrons. The van der Waals surface area contributed by atoms with Crippen LogP contribution < -0.4 is 10.1 Å². The van der Waals surface area contributed by atoms with E-state index in [1.807, 2.05) is 0 Å². The number of benzene rings is 1. The molecule has 0 aliphatic carbocycles. The van der Waals surface area contributed by atoms with Gasteiger partial charge in [0, 0.05) is 11.8 Å². The van der Waals surface area contributed by atoms with Crippen LogP contribution in [0.3, 0.4) is 0 Å². The summed E-state index contributed by atoms with van der Waals surface area (Å²) in [7, 11) is 1.57. The lowest BCUT2D eigenvalue weighted by Crippen LogP contribution is -2.13. The number of methoxy groups -OCH3 is 1. The Morgan fingerprint density at radius 2 is 2.08 bits per heavy atom. The Morgan fingerprint density at radius 1 is 1.19 bits per heavy atom. The number of pyridine rings is 1. The van der Waals surface area contributed by atoms with Gasteiger partial charge in [0.15, 0.2) is 5.76 Å². The second-order valence-electron chi connectivity index (χ2n) is 5.67. The third kappa shape index (κ3) is 2.79. The normalized spacial score (nSPS) is 10.8. The van der Waals surface area contributed by atoms with E-state index in [1.54, 1.807) is 62.8 Å². The third-order valence-electron chi connectivity index (χ3n) is 3.96. The first kappa shape index (κ1) is 15.9. The van der Waals surface area contributed by atoms with Crippen LogP contribution in [0.25, 0.3) is 22.6 Å². The van der Waals surface area contributed by atoms with Crippen molar-refractivity contribution >= 4 is 22.7 Å². The lowest BCUT2D eigenvalue weighted by atomic mass is 10.1. The van der Waals surface area contributed by atoms with Gasteiger partial charge in [0.1, 0.15) is 11.4 Å². The van der Waals surface area contributed by atoms with E-state index in [1.165, 1.54) is 0 Å². The highest BCUT2D eigenvalue weighted by molar-refractivity contribution is 6.13. The van der Waals surface area contributed by atoms with E-state index >= 15 is 0 Å². The van der Waals surface area contributed by atoms with E-state index in [2.05, 4.69) is 15.5 Å². The van der Waals surface area contributed by atoms with Crippen LogP contribution >= 0.6 is 0 Å². The molecule has 0 atom stereocenters. The molecule has 0 saturated heterocycles. The number of anilines is 1. The Kier molecular flexibility index (Phi) is 3.89. The summed E-state index contributed by atoms with van der Waals surface area (Å²) in [5.41, 5.74) is 2.40. The van der Waals surface area contributed by atoms with Crippen molar-refractivity contribution in [2.24, 2.45) is 0 Å². The minimum Gasteiger partial charge on any atom is -0.497 e. The maximum Gasteiger partial charge on any atom is 0.259 e. The van der Waals surface area contributed by atoms with Crippen LogP contribution in [-0.2, 0) is 0 Å². The predicted molar refractivity (Wildman–Crippen MR) is 95.2 cm³/mol. The zero-order valence-electron chi connectivity index (χ0n) is 14.1. The average Bonchev–Trinajstić information content (AvgIpc) is 3.31. The molecule has 1 N–H and O–H groups in total. The fourth-order valence-electron chi connectivity index (χ4n) is 2.72. The van der Waals surface area contributed by atoms with Crippen LogP contribution in [0.1, 0.15) is 16.1 Å². The quantitative estimate of drug-likeness (QED) is 0.598. The number of nitrogens with zero attached hydrogens (tertiary/aromatic N) is 2. The monoisotopic (exact) mass is 349 g/mol. The molecule has 130 valence electrons. The summed E-state index contributed by atoms with van der Waals surface area (Å²) in [6.07, 6.45) is 1.54. The lowest BCUT2D eigenvalue weighted by Gasteiger charge is -2.08. The molecule has 0 fully saturated rings. The molecular weight excluding hydrogens is 334 g/mol. The number of carbonyl (C=O) groups is 1. The number of rotatable bonds is 4. The Morgan fingerprint density at radius 3 is 2.85 bits per heavy atom. The van der Waals surface area contributed by atoms with Crippen molar-refractivity contribution in [3.8, 4) is 17.2 Å². The van der Waals surface area contributed by atoms with Crippen molar-refractivity contribution in [3.63, 3.8) is 0 Å². The number of aromatic nitrogens is 2. The summed E-state index contributed by atoms with van der Waals surface area (Å²) in [6.45, 7) is 1.77. The fourth-order valence-corrected chi connectivity index (χ4v) is 2.72. The molecule has 0 unspecified atom stereocenters. The number of hydrogen-bond acceptors (Lipinski definition) is 6. The third-order valence-corrected chi connectivity index (χ3v) is 3.96. The van der Waals surface area contributed by atoms with Crippen LogP contribution in [0, 0.1) is 6.92 Å². The second kappa shape index (κ2) is 6.36. The van der Waals surface area contributed by atoms with Crippen molar-refractivity contribution in [2.75, 3.05) is 12.4 Å². The molecule has 1 aromatic carbocycles. The molecule has 0 aliphatic heterocycles. The van der Waals surface area contributed by atoms with Crippen molar-refractivity contribution in [2.45, 2.75) is 6.92 Å². The molecule has 4 aromatic rings. The molecule has 1 amide bonds. The van der Waals surface area contributed by atoms with E-state index in [-0.39, 0.29) is 11.6 Å². The summed E-state index contributed by atoms with van der Waals surface area (Å²) < 4.78 is 15.8. The average molecular weight is 349 g/mol. The SMILES string of the molecule is COc1cccc(NC(=O)c2cc(-c3ccco3)nc3onc(C)c23)c1. The smallest absolute Gasteiger partial charge is 0.259 e. The van der Waals surface area contributed by atoms with Gasteiger partial charge in [-0.25, -0.2) is 4.98 Å². The van der Waals surface area contributed by atoms with Gasteiger partial charge in [0.05, 0.1) is 30.0 Å². The van der Waals surface area contributed by atoms with Gasteiger partial charge in [0.25, 0.3) is 11.6 Å². The van der Waals surface area contributed by atoms with Crippen LogP contribution in [0.15, 0.2) is 57.7 Å². The van der Waals surface area contributed by atoms with E-state index in [0.29, 0.717) is 39.5 Å². The van der Waals surface area contributed by atoms with Crippen molar-refractivity contribution in [1.29, 1.82) is 0 Å². The highest BCUT2D eigenvalue weighted by Crippen LogP contribution is 2.28. The van der Waals surface area contributed by atoms with Gasteiger partial charge in [-0.15, -0.1) is 0 Å². The zero-order chi connectivity index (χ0) is 18.1. The van der Waals surface area contributed by atoms with Gasteiger partial charge in [-0.2, -0.15) is 0 Å².